The molecule has 0 heterocycles. The molecule has 0 saturated carbocycles. The molecule has 0 fully saturated rings. The standard InChI is InChI=1S/C12H13ClF2N2OS/c1-3-12(2,10(16)19)11(18)17-9-7(13)4-6(14)5-8(9)15/h4-5H,3H2,1-2H3,(H2,16,19)(H,17,18). The Morgan fingerprint density at radius 3 is 2.53 bits per heavy atom. The fraction of sp³-hybridized carbons (Fsp3) is 0.333. The number of nitrogens with two attached hydrogens (primary N) is 1. The number of carbonyl (C=O) groups excluding carboxylic acids is 1. The van der Waals surface area contributed by atoms with Gasteiger partial charge in [-0.1, -0.05) is 30.7 Å². The fourth-order valence-corrected chi connectivity index (χ4v) is 1.84. The van der Waals surface area contributed by atoms with Crippen LogP contribution in [-0.4, -0.2) is 10.9 Å². The highest BCUT2D eigenvalue weighted by Gasteiger charge is 2.35. The number of amides is 1. The van der Waals surface area contributed by atoms with Gasteiger partial charge in [0.25, 0.3) is 0 Å². The van der Waals surface area contributed by atoms with E-state index < -0.39 is 23.0 Å². The Morgan fingerprint density at radius 1 is 1.53 bits per heavy atom. The van der Waals surface area contributed by atoms with Crippen LogP contribution in [0.2, 0.25) is 5.02 Å². The second-order valence-corrected chi connectivity index (χ2v) is 5.10. The molecule has 3 N–H and O–H groups in total. The summed E-state index contributed by atoms with van der Waals surface area (Å²) in [5.41, 5.74) is 4.11. The second-order valence-electron chi connectivity index (χ2n) is 4.25. The van der Waals surface area contributed by atoms with Crippen LogP contribution >= 0.6 is 23.8 Å². The maximum Gasteiger partial charge on any atom is 0.237 e. The van der Waals surface area contributed by atoms with Crippen molar-refractivity contribution in [1.29, 1.82) is 0 Å². The van der Waals surface area contributed by atoms with Gasteiger partial charge in [0.2, 0.25) is 5.91 Å². The summed E-state index contributed by atoms with van der Waals surface area (Å²) in [5.74, 6) is -2.37. The van der Waals surface area contributed by atoms with Gasteiger partial charge < -0.3 is 11.1 Å². The van der Waals surface area contributed by atoms with Gasteiger partial charge in [0.1, 0.15) is 5.82 Å². The summed E-state index contributed by atoms with van der Waals surface area (Å²) in [6.45, 7) is 3.27. The zero-order valence-electron chi connectivity index (χ0n) is 10.4. The van der Waals surface area contributed by atoms with Gasteiger partial charge in [-0.05, 0) is 19.4 Å². The molecule has 0 aliphatic carbocycles. The number of nitrogens with one attached hydrogen (secondary N) is 1. The van der Waals surface area contributed by atoms with Crippen molar-refractivity contribution in [2.24, 2.45) is 11.1 Å². The molecule has 0 spiro atoms. The minimum absolute atomic E-state index is 0.00820. The zero-order valence-corrected chi connectivity index (χ0v) is 12.0. The number of halogens is 3. The van der Waals surface area contributed by atoms with Gasteiger partial charge in [-0.2, -0.15) is 0 Å². The van der Waals surface area contributed by atoms with Crippen molar-refractivity contribution in [2.75, 3.05) is 5.32 Å². The summed E-state index contributed by atoms with van der Waals surface area (Å²) in [6.07, 6.45) is 0.342. The van der Waals surface area contributed by atoms with E-state index >= 15 is 0 Å². The van der Waals surface area contributed by atoms with Crippen LogP contribution in [-0.2, 0) is 4.79 Å². The lowest BCUT2D eigenvalue weighted by atomic mass is 9.86. The number of rotatable bonds is 4. The summed E-state index contributed by atoms with van der Waals surface area (Å²) in [7, 11) is 0. The van der Waals surface area contributed by atoms with Crippen molar-refractivity contribution in [2.45, 2.75) is 20.3 Å². The van der Waals surface area contributed by atoms with Crippen LogP contribution in [0.1, 0.15) is 20.3 Å². The fourth-order valence-electron chi connectivity index (χ4n) is 1.36. The minimum Gasteiger partial charge on any atom is -0.392 e. The molecule has 1 aromatic rings. The first-order valence-corrected chi connectivity index (χ1v) is 6.27. The predicted octanol–water partition coefficient (Wildman–Crippen LogP) is 3.26. The molecule has 3 nitrogen and oxygen atoms in total. The molecule has 1 atom stereocenters. The second kappa shape index (κ2) is 5.79. The average molecular weight is 307 g/mol. The van der Waals surface area contributed by atoms with Crippen molar-refractivity contribution in [1.82, 2.24) is 0 Å². The molecule has 0 aliphatic heterocycles. The number of benzene rings is 1. The Kier molecular flexibility index (Phi) is 4.81. The molecule has 1 aromatic carbocycles. The minimum atomic E-state index is -1.13. The van der Waals surface area contributed by atoms with Gasteiger partial charge >= 0.3 is 0 Å². The Bertz CT molecular complexity index is 515. The highest BCUT2D eigenvalue weighted by atomic mass is 35.5. The third-order valence-electron chi connectivity index (χ3n) is 3.00. The van der Waals surface area contributed by atoms with Crippen molar-refractivity contribution < 1.29 is 13.6 Å². The molecular weight excluding hydrogens is 294 g/mol. The SMILES string of the molecule is CCC(C)(C(=O)Nc1c(F)cc(F)cc1Cl)C(N)=S. The number of anilines is 1. The molecule has 104 valence electrons. The first kappa shape index (κ1) is 15.8. The van der Waals surface area contributed by atoms with E-state index in [1.54, 1.807) is 13.8 Å². The van der Waals surface area contributed by atoms with Gasteiger partial charge in [0.15, 0.2) is 5.82 Å². The van der Waals surface area contributed by atoms with Gasteiger partial charge in [0, 0.05) is 6.07 Å². The molecule has 1 amide bonds. The molecule has 0 aromatic heterocycles. The van der Waals surface area contributed by atoms with Crippen LogP contribution in [0, 0.1) is 17.0 Å². The summed E-state index contributed by atoms with van der Waals surface area (Å²) in [5, 5.41) is 2.07. The molecule has 0 bridgehead atoms. The Labute approximate surface area is 120 Å². The highest BCUT2D eigenvalue weighted by molar-refractivity contribution is 7.80. The largest absolute Gasteiger partial charge is 0.392 e. The maximum absolute atomic E-state index is 13.6. The monoisotopic (exact) mass is 306 g/mol. The number of carbonyl (C=O) groups is 1. The van der Waals surface area contributed by atoms with E-state index in [4.69, 9.17) is 29.6 Å². The van der Waals surface area contributed by atoms with Gasteiger partial charge in [0.05, 0.1) is 21.1 Å². The topological polar surface area (TPSA) is 55.1 Å². The smallest absolute Gasteiger partial charge is 0.237 e. The summed E-state index contributed by atoms with van der Waals surface area (Å²) >= 11 is 10.5. The van der Waals surface area contributed by atoms with E-state index in [0.29, 0.717) is 12.5 Å². The lowest BCUT2D eigenvalue weighted by molar-refractivity contribution is -0.121. The summed E-state index contributed by atoms with van der Waals surface area (Å²) in [6, 6.07) is 1.54. The number of hydrogen-bond donors (Lipinski definition) is 2. The van der Waals surface area contributed by atoms with E-state index in [1.807, 2.05) is 0 Å². The molecule has 1 unspecified atom stereocenters. The van der Waals surface area contributed by atoms with Gasteiger partial charge in [-0.3, -0.25) is 4.79 Å². The van der Waals surface area contributed by atoms with E-state index in [1.165, 1.54) is 0 Å². The first-order valence-electron chi connectivity index (χ1n) is 5.48. The molecule has 0 radical (unpaired) electrons. The molecule has 7 heteroatoms. The number of thiocarbonyl (C=S) groups is 1. The van der Waals surface area contributed by atoms with Crippen LogP contribution in [0.4, 0.5) is 14.5 Å². The summed E-state index contributed by atoms with van der Waals surface area (Å²) < 4.78 is 26.5. The van der Waals surface area contributed by atoms with Crippen molar-refractivity contribution in [3.63, 3.8) is 0 Å². The van der Waals surface area contributed by atoms with Crippen LogP contribution in [0.3, 0.4) is 0 Å². The van der Waals surface area contributed by atoms with E-state index in [-0.39, 0.29) is 15.7 Å². The number of hydrogen-bond acceptors (Lipinski definition) is 2. The van der Waals surface area contributed by atoms with Crippen LogP contribution in [0.25, 0.3) is 0 Å². The average Bonchev–Trinajstić information content (AvgIpc) is 2.31. The van der Waals surface area contributed by atoms with Crippen molar-refractivity contribution >= 4 is 40.4 Å². The Balaban J connectivity index is 3.10. The highest BCUT2D eigenvalue weighted by Crippen LogP contribution is 2.30. The van der Waals surface area contributed by atoms with Crippen LogP contribution in [0.15, 0.2) is 12.1 Å². The van der Waals surface area contributed by atoms with Gasteiger partial charge in [-0.15, -0.1) is 0 Å². The third-order valence-corrected chi connectivity index (χ3v) is 3.75. The van der Waals surface area contributed by atoms with Crippen molar-refractivity contribution in [3.05, 3.63) is 28.8 Å². The van der Waals surface area contributed by atoms with Crippen molar-refractivity contribution in [3.8, 4) is 0 Å². The third kappa shape index (κ3) is 3.19. The quantitative estimate of drug-likeness (QED) is 0.840. The maximum atomic E-state index is 13.6. The summed E-state index contributed by atoms with van der Waals surface area (Å²) in [4.78, 5) is 12.1. The lowest BCUT2D eigenvalue weighted by Gasteiger charge is -2.25. The first-order chi connectivity index (χ1) is 8.72. The molecular formula is C12H13ClF2N2OS. The van der Waals surface area contributed by atoms with E-state index in [0.717, 1.165) is 6.07 Å². The molecule has 19 heavy (non-hydrogen) atoms. The van der Waals surface area contributed by atoms with Crippen LogP contribution < -0.4 is 11.1 Å². The van der Waals surface area contributed by atoms with Gasteiger partial charge in [-0.25, -0.2) is 8.78 Å². The Morgan fingerprint density at radius 2 is 2.11 bits per heavy atom. The van der Waals surface area contributed by atoms with E-state index in [9.17, 15) is 13.6 Å². The Hall–Kier alpha value is -1.27. The van der Waals surface area contributed by atoms with E-state index in [2.05, 4.69) is 5.32 Å². The predicted molar refractivity (Wildman–Crippen MR) is 75.2 cm³/mol. The molecule has 1 rings (SSSR count). The molecule has 0 saturated heterocycles. The zero-order chi connectivity index (χ0) is 14.8. The lowest BCUT2D eigenvalue weighted by Crippen LogP contribution is -2.43. The normalized spacial score (nSPS) is 13.7. The molecule has 0 aliphatic rings. The van der Waals surface area contributed by atoms with Crippen LogP contribution in [0.5, 0.6) is 0 Å².